The normalized spacial score (nSPS) is 22.5. The van der Waals surface area contributed by atoms with Crippen LogP contribution in [0.15, 0.2) is 23.5 Å². The quantitative estimate of drug-likeness (QED) is 0.615. The lowest BCUT2D eigenvalue weighted by Crippen LogP contribution is -2.45. The minimum absolute atomic E-state index is 0.529. The predicted octanol–water partition coefficient (Wildman–Crippen LogP) is 2.50. The molecule has 138 valence electrons. The first-order valence-corrected chi connectivity index (χ1v) is 9.94. The molecule has 0 bridgehead atoms. The van der Waals surface area contributed by atoms with E-state index in [1.165, 1.54) is 56.3 Å². The van der Waals surface area contributed by atoms with Crippen LogP contribution in [0.1, 0.15) is 50.2 Å². The van der Waals surface area contributed by atoms with E-state index >= 15 is 0 Å². The number of nitrogens with one attached hydrogen (secondary N) is 2. The minimum atomic E-state index is 0.529. The third-order valence-corrected chi connectivity index (χ3v) is 5.53. The van der Waals surface area contributed by atoms with Gasteiger partial charge in [0.1, 0.15) is 0 Å². The zero-order valence-electron chi connectivity index (χ0n) is 15.8. The first kappa shape index (κ1) is 18.2. The molecule has 2 fully saturated rings. The average molecular weight is 344 g/mol. The summed E-state index contributed by atoms with van der Waals surface area (Å²) in [5, 5.41) is 7.06. The highest BCUT2D eigenvalue weighted by Gasteiger charge is 2.30. The van der Waals surface area contributed by atoms with E-state index in [1.54, 1.807) is 0 Å². The van der Waals surface area contributed by atoms with Gasteiger partial charge >= 0.3 is 0 Å². The zero-order chi connectivity index (χ0) is 17.5. The number of aliphatic imine (C=N–C) groups is 1. The number of nitrogens with zero attached hydrogens (tertiary/aromatic N) is 3. The molecule has 25 heavy (non-hydrogen) atoms. The van der Waals surface area contributed by atoms with Crippen LogP contribution >= 0.6 is 0 Å². The van der Waals surface area contributed by atoms with Gasteiger partial charge in [0.25, 0.3) is 0 Å². The topological polar surface area (TPSA) is 52.6 Å². The molecule has 1 unspecified atom stereocenters. The van der Waals surface area contributed by atoms with Crippen LogP contribution < -0.4 is 10.6 Å². The van der Waals surface area contributed by atoms with Gasteiger partial charge in [-0.25, -0.2) is 0 Å². The summed E-state index contributed by atoms with van der Waals surface area (Å²) in [5.74, 6) is 0.965. The summed E-state index contributed by atoms with van der Waals surface area (Å²) >= 11 is 0. The molecular weight excluding hydrogens is 310 g/mol. The lowest BCUT2D eigenvalue weighted by atomic mass is 10.1. The highest BCUT2D eigenvalue weighted by atomic mass is 15.3. The predicted molar refractivity (Wildman–Crippen MR) is 104 cm³/mol. The standard InChI is InChI=1S/C20H33N5/c1-3-22-20(23-12-9-17-8-11-21-14-16(17)2)24-18-10-13-25(15-18)19-6-4-5-7-19/h8,11,14,18-19H,3-7,9-10,12-13,15H2,1-2H3,(H2,22,23,24). The SMILES string of the molecule is CCNC(=NCCc1ccncc1C)NC1CCN(C2CCCC2)C1. The molecule has 1 saturated carbocycles. The molecule has 1 saturated heterocycles. The van der Waals surface area contributed by atoms with E-state index in [9.17, 15) is 0 Å². The summed E-state index contributed by atoms with van der Waals surface area (Å²) in [6.07, 6.45) is 11.6. The van der Waals surface area contributed by atoms with Crippen molar-refractivity contribution in [1.82, 2.24) is 20.5 Å². The summed E-state index contributed by atoms with van der Waals surface area (Å²) in [6.45, 7) is 8.35. The van der Waals surface area contributed by atoms with Crippen molar-refractivity contribution in [3.05, 3.63) is 29.6 Å². The van der Waals surface area contributed by atoms with Crippen molar-refractivity contribution in [2.24, 2.45) is 4.99 Å². The first-order chi connectivity index (χ1) is 12.3. The number of pyridine rings is 1. The van der Waals surface area contributed by atoms with Gasteiger partial charge in [0.15, 0.2) is 5.96 Å². The third kappa shape index (κ3) is 5.18. The molecule has 0 spiro atoms. The molecule has 0 radical (unpaired) electrons. The maximum absolute atomic E-state index is 4.79. The molecule has 1 atom stereocenters. The second-order valence-electron chi connectivity index (χ2n) is 7.38. The summed E-state index contributed by atoms with van der Waals surface area (Å²) in [5.41, 5.74) is 2.58. The van der Waals surface area contributed by atoms with Crippen LogP contribution in [0.3, 0.4) is 0 Å². The fraction of sp³-hybridized carbons (Fsp3) is 0.700. The van der Waals surface area contributed by atoms with Crippen molar-refractivity contribution in [3.8, 4) is 0 Å². The van der Waals surface area contributed by atoms with Gasteiger partial charge in [0.05, 0.1) is 0 Å². The molecule has 1 aliphatic carbocycles. The number of aromatic nitrogens is 1. The summed E-state index contributed by atoms with van der Waals surface area (Å²) in [7, 11) is 0. The van der Waals surface area contributed by atoms with Gasteiger partial charge in [-0.05, 0) is 56.7 Å². The monoisotopic (exact) mass is 343 g/mol. The molecular formula is C20H33N5. The molecule has 3 rings (SSSR count). The minimum Gasteiger partial charge on any atom is -0.357 e. The first-order valence-electron chi connectivity index (χ1n) is 9.94. The van der Waals surface area contributed by atoms with Crippen LogP contribution in [0.25, 0.3) is 0 Å². The second kappa shape index (κ2) is 9.18. The van der Waals surface area contributed by atoms with Crippen molar-refractivity contribution in [3.63, 3.8) is 0 Å². The van der Waals surface area contributed by atoms with Gasteiger partial charge in [-0.2, -0.15) is 0 Å². The molecule has 0 amide bonds. The zero-order valence-corrected chi connectivity index (χ0v) is 15.8. The van der Waals surface area contributed by atoms with E-state index in [0.717, 1.165) is 31.5 Å². The molecule has 2 N–H and O–H groups in total. The number of aryl methyl sites for hydroxylation is 1. The highest BCUT2D eigenvalue weighted by molar-refractivity contribution is 5.80. The van der Waals surface area contributed by atoms with E-state index in [2.05, 4.69) is 40.4 Å². The Bertz CT molecular complexity index is 565. The van der Waals surface area contributed by atoms with E-state index in [0.29, 0.717) is 6.04 Å². The van der Waals surface area contributed by atoms with Gasteiger partial charge in [-0.1, -0.05) is 12.8 Å². The van der Waals surface area contributed by atoms with E-state index in [1.807, 2.05) is 12.4 Å². The average Bonchev–Trinajstić information content (AvgIpc) is 3.28. The van der Waals surface area contributed by atoms with E-state index < -0.39 is 0 Å². The third-order valence-electron chi connectivity index (χ3n) is 5.53. The van der Waals surface area contributed by atoms with Crippen molar-refractivity contribution in [2.75, 3.05) is 26.2 Å². The molecule has 5 heteroatoms. The molecule has 5 nitrogen and oxygen atoms in total. The van der Waals surface area contributed by atoms with Crippen molar-refractivity contribution >= 4 is 5.96 Å². The Balaban J connectivity index is 1.49. The number of guanidine groups is 1. The van der Waals surface area contributed by atoms with E-state index in [4.69, 9.17) is 4.99 Å². The molecule has 2 heterocycles. The summed E-state index contributed by atoms with van der Waals surface area (Å²) in [6, 6.07) is 3.46. The number of likely N-dealkylation sites (tertiary alicyclic amines) is 1. The molecule has 1 aromatic heterocycles. The van der Waals surface area contributed by atoms with Gasteiger partial charge in [0.2, 0.25) is 0 Å². The van der Waals surface area contributed by atoms with Crippen LogP contribution in [0, 0.1) is 6.92 Å². The van der Waals surface area contributed by atoms with Gasteiger partial charge in [-0.3, -0.25) is 14.9 Å². The van der Waals surface area contributed by atoms with Crippen molar-refractivity contribution < 1.29 is 0 Å². The number of rotatable bonds is 6. The lowest BCUT2D eigenvalue weighted by molar-refractivity contribution is 0.242. The van der Waals surface area contributed by atoms with Crippen LogP contribution in [0.2, 0.25) is 0 Å². The Hall–Kier alpha value is -1.62. The van der Waals surface area contributed by atoms with Crippen LogP contribution in [0.4, 0.5) is 0 Å². The Labute approximate surface area is 152 Å². The summed E-state index contributed by atoms with van der Waals surface area (Å²) in [4.78, 5) is 11.6. The molecule has 1 aliphatic heterocycles. The smallest absolute Gasteiger partial charge is 0.191 e. The van der Waals surface area contributed by atoms with E-state index in [-0.39, 0.29) is 0 Å². The van der Waals surface area contributed by atoms with Gasteiger partial charge < -0.3 is 10.6 Å². The second-order valence-corrected chi connectivity index (χ2v) is 7.38. The molecule has 1 aromatic rings. The number of hydrogen-bond acceptors (Lipinski definition) is 3. The number of hydrogen-bond donors (Lipinski definition) is 2. The Kier molecular flexibility index (Phi) is 6.68. The maximum atomic E-state index is 4.79. The lowest BCUT2D eigenvalue weighted by Gasteiger charge is -2.24. The maximum Gasteiger partial charge on any atom is 0.191 e. The Morgan fingerprint density at radius 1 is 1.32 bits per heavy atom. The molecule has 2 aliphatic rings. The fourth-order valence-electron chi connectivity index (χ4n) is 4.09. The van der Waals surface area contributed by atoms with Crippen molar-refractivity contribution in [1.29, 1.82) is 0 Å². The van der Waals surface area contributed by atoms with Crippen LogP contribution in [0.5, 0.6) is 0 Å². The van der Waals surface area contributed by atoms with Gasteiger partial charge in [0, 0.05) is 50.7 Å². The summed E-state index contributed by atoms with van der Waals surface area (Å²) < 4.78 is 0. The highest BCUT2D eigenvalue weighted by Crippen LogP contribution is 2.26. The largest absolute Gasteiger partial charge is 0.357 e. The van der Waals surface area contributed by atoms with Gasteiger partial charge in [-0.15, -0.1) is 0 Å². The van der Waals surface area contributed by atoms with Crippen LogP contribution in [-0.4, -0.2) is 54.1 Å². The fourth-order valence-corrected chi connectivity index (χ4v) is 4.09. The van der Waals surface area contributed by atoms with Crippen LogP contribution in [-0.2, 0) is 6.42 Å². The Morgan fingerprint density at radius 2 is 2.16 bits per heavy atom. The molecule has 0 aromatic carbocycles. The van der Waals surface area contributed by atoms with Crippen molar-refractivity contribution in [2.45, 2.75) is 64.5 Å². The Morgan fingerprint density at radius 3 is 2.92 bits per heavy atom.